The van der Waals surface area contributed by atoms with Gasteiger partial charge in [0.1, 0.15) is 6.10 Å². The molecule has 1 aliphatic rings. The number of halogens is 1. The molecule has 0 spiro atoms. The van der Waals surface area contributed by atoms with Crippen molar-refractivity contribution >= 4 is 11.6 Å². The molecule has 1 rings (SSSR count). The Morgan fingerprint density at radius 2 is 2.08 bits per heavy atom. The predicted molar refractivity (Wildman–Crippen MR) is 52.7 cm³/mol. The van der Waals surface area contributed by atoms with Crippen LogP contribution in [0.5, 0.6) is 0 Å². The van der Waals surface area contributed by atoms with Gasteiger partial charge in [-0.2, -0.15) is 0 Å². The number of hydrogen-bond acceptors (Lipinski definition) is 1. The fourth-order valence-corrected chi connectivity index (χ4v) is 1.93. The van der Waals surface area contributed by atoms with E-state index in [1.54, 1.807) is 0 Å². The van der Waals surface area contributed by atoms with Crippen LogP contribution in [0.25, 0.3) is 0 Å². The van der Waals surface area contributed by atoms with Gasteiger partial charge in [-0.3, -0.25) is 0 Å². The van der Waals surface area contributed by atoms with Crippen LogP contribution in [-0.4, -0.2) is 17.6 Å². The van der Waals surface area contributed by atoms with E-state index in [0.717, 1.165) is 12.8 Å². The quantitative estimate of drug-likeness (QED) is 0.356. The van der Waals surface area contributed by atoms with Gasteiger partial charge in [0, 0.05) is 0 Å². The van der Waals surface area contributed by atoms with Gasteiger partial charge in [0.15, 0.2) is 0 Å². The zero-order valence-corrected chi connectivity index (χ0v) is 8.81. The number of unbranched alkanes of at least 4 members (excludes halogenated alkanes) is 2. The Kier molecular flexibility index (Phi) is 4.38. The molecule has 0 N–H and O–H groups in total. The lowest BCUT2D eigenvalue weighted by molar-refractivity contribution is 0.357. The molecule has 1 nitrogen and oxygen atoms in total. The highest BCUT2D eigenvalue weighted by Gasteiger charge is 2.41. The molecule has 1 aliphatic heterocycles. The Morgan fingerprint density at radius 1 is 1.33 bits per heavy atom. The third-order valence-corrected chi connectivity index (χ3v) is 2.93. The molecule has 0 aromatic carbocycles. The molecule has 2 heteroatoms. The van der Waals surface area contributed by atoms with Crippen LogP contribution in [0.2, 0.25) is 0 Å². The standard InChI is InChI=1S/C10H19ClO/c1-3-5-6-7-8(11)10-9(4-2)12-10/h8-10H,3-7H2,1-2H3. The molecule has 0 aromatic rings. The summed E-state index contributed by atoms with van der Waals surface area (Å²) in [5.41, 5.74) is 0. The first-order valence-electron chi connectivity index (χ1n) is 5.09. The highest BCUT2D eigenvalue weighted by molar-refractivity contribution is 6.21. The molecule has 0 saturated carbocycles. The van der Waals surface area contributed by atoms with Gasteiger partial charge in [-0.1, -0.05) is 33.1 Å². The Morgan fingerprint density at radius 3 is 2.58 bits per heavy atom. The molecule has 0 aliphatic carbocycles. The minimum absolute atomic E-state index is 0.265. The Labute approximate surface area is 80.4 Å². The van der Waals surface area contributed by atoms with E-state index in [1.165, 1.54) is 19.3 Å². The van der Waals surface area contributed by atoms with Gasteiger partial charge in [0.25, 0.3) is 0 Å². The van der Waals surface area contributed by atoms with E-state index in [4.69, 9.17) is 16.3 Å². The molecule has 0 amide bonds. The molecule has 0 bridgehead atoms. The molecular weight excluding hydrogens is 172 g/mol. The van der Waals surface area contributed by atoms with Crippen LogP contribution < -0.4 is 0 Å². The number of hydrogen-bond donors (Lipinski definition) is 0. The molecule has 0 aromatic heterocycles. The van der Waals surface area contributed by atoms with E-state index < -0.39 is 0 Å². The summed E-state index contributed by atoms with van der Waals surface area (Å²) in [5.74, 6) is 0. The van der Waals surface area contributed by atoms with Crippen molar-refractivity contribution in [1.29, 1.82) is 0 Å². The third kappa shape index (κ3) is 2.95. The van der Waals surface area contributed by atoms with Crippen molar-refractivity contribution in [1.82, 2.24) is 0 Å². The van der Waals surface area contributed by atoms with Gasteiger partial charge in [-0.25, -0.2) is 0 Å². The van der Waals surface area contributed by atoms with E-state index in [0.29, 0.717) is 12.2 Å². The average molecular weight is 191 g/mol. The van der Waals surface area contributed by atoms with Crippen LogP contribution in [0.1, 0.15) is 46.0 Å². The Balaban J connectivity index is 2.01. The second-order valence-corrected chi connectivity index (χ2v) is 4.12. The summed E-state index contributed by atoms with van der Waals surface area (Å²) in [6.45, 7) is 4.37. The predicted octanol–water partition coefficient (Wildman–Crippen LogP) is 3.35. The molecule has 0 radical (unpaired) electrons. The second-order valence-electron chi connectivity index (χ2n) is 3.56. The molecule has 1 fully saturated rings. The van der Waals surface area contributed by atoms with Crippen molar-refractivity contribution in [3.8, 4) is 0 Å². The van der Waals surface area contributed by atoms with Gasteiger partial charge in [0.2, 0.25) is 0 Å². The van der Waals surface area contributed by atoms with Crippen molar-refractivity contribution in [2.75, 3.05) is 0 Å². The van der Waals surface area contributed by atoms with E-state index in [9.17, 15) is 0 Å². The summed E-state index contributed by atoms with van der Waals surface area (Å²) in [5, 5.41) is 0.265. The number of alkyl halides is 1. The fourth-order valence-electron chi connectivity index (χ4n) is 1.56. The third-order valence-electron chi connectivity index (χ3n) is 2.46. The summed E-state index contributed by atoms with van der Waals surface area (Å²) in [6.07, 6.45) is 6.89. The highest BCUT2D eigenvalue weighted by Crippen LogP contribution is 2.33. The topological polar surface area (TPSA) is 12.5 Å². The van der Waals surface area contributed by atoms with Gasteiger partial charge in [-0.15, -0.1) is 11.6 Å². The van der Waals surface area contributed by atoms with Crippen LogP contribution in [0, 0.1) is 0 Å². The number of ether oxygens (including phenoxy) is 1. The maximum absolute atomic E-state index is 6.16. The van der Waals surface area contributed by atoms with Crippen molar-refractivity contribution < 1.29 is 4.74 Å². The lowest BCUT2D eigenvalue weighted by atomic mass is 10.1. The van der Waals surface area contributed by atoms with Crippen LogP contribution in [0.4, 0.5) is 0 Å². The molecule has 72 valence electrons. The van der Waals surface area contributed by atoms with Crippen LogP contribution in [0.15, 0.2) is 0 Å². The summed E-state index contributed by atoms with van der Waals surface area (Å²) in [4.78, 5) is 0. The SMILES string of the molecule is CCCCCC(Cl)C1OC1CC. The zero-order chi connectivity index (χ0) is 8.97. The molecule has 12 heavy (non-hydrogen) atoms. The van der Waals surface area contributed by atoms with Gasteiger partial charge < -0.3 is 4.74 Å². The van der Waals surface area contributed by atoms with E-state index in [-0.39, 0.29) is 5.38 Å². The van der Waals surface area contributed by atoms with Gasteiger partial charge in [0.05, 0.1) is 11.5 Å². The van der Waals surface area contributed by atoms with E-state index in [2.05, 4.69) is 13.8 Å². The molecular formula is C10H19ClO. The van der Waals surface area contributed by atoms with E-state index >= 15 is 0 Å². The van der Waals surface area contributed by atoms with Crippen LogP contribution in [0.3, 0.4) is 0 Å². The first-order valence-corrected chi connectivity index (χ1v) is 5.52. The van der Waals surface area contributed by atoms with Crippen molar-refractivity contribution in [3.05, 3.63) is 0 Å². The minimum atomic E-state index is 0.265. The smallest absolute Gasteiger partial charge is 0.100 e. The largest absolute Gasteiger partial charge is 0.368 e. The van der Waals surface area contributed by atoms with Gasteiger partial charge >= 0.3 is 0 Å². The first kappa shape index (κ1) is 10.3. The lowest BCUT2D eigenvalue weighted by Crippen LogP contribution is -2.09. The van der Waals surface area contributed by atoms with Gasteiger partial charge in [-0.05, 0) is 12.8 Å². The monoisotopic (exact) mass is 190 g/mol. The number of rotatable bonds is 6. The molecule has 1 heterocycles. The highest BCUT2D eigenvalue weighted by atomic mass is 35.5. The Bertz CT molecular complexity index is 127. The maximum Gasteiger partial charge on any atom is 0.100 e. The van der Waals surface area contributed by atoms with E-state index in [1.807, 2.05) is 0 Å². The van der Waals surface area contributed by atoms with Crippen molar-refractivity contribution in [3.63, 3.8) is 0 Å². The molecule has 1 saturated heterocycles. The summed E-state index contributed by atoms with van der Waals surface area (Å²) in [6, 6.07) is 0. The zero-order valence-electron chi connectivity index (χ0n) is 8.05. The normalized spacial score (nSPS) is 30.2. The van der Waals surface area contributed by atoms with Crippen LogP contribution >= 0.6 is 11.6 Å². The summed E-state index contributed by atoms with van der Waals surface area (Å²) >= 11 is 6.16. The maximum atomic E-state index is 6.16. The second kappa shape index (κ2) is 5.08. The van der Waals surface area contributed by atoms with Crippen molar-refractivity contribution in [2.24, 2.45) is 0 Å². The summed E-state index contributed by atoms with van der Waals surface area (Å²) in [7, 11) is 0. The minimum Gasteiger partial charge on any atom is -0.368 e. The Hall–Kier alpha value is 0.250. The van der Waals surface area contributed by atoms with Crippen LogP contribution in [-0.2, 0) is 4.74 Å². The van der Waals surface area contributed by atoms with Crippen molar-refractivity contribution in [2.45, 2.75) is 63.5 Å². The fraction of sp³-hybridized carbons (Fsp3) is 1.00. The first-order chi connectivity index (χ1) is 5.79. The number of epoxide rings is 1. The average Bonchev–Trinajstić information content (AvgIpc) is 2.83. The summed E-state index contributed by atoms with van der Waals surface area (Å²) < 4.78 is 5.43. The lowest BCUT2D eigenvalue weighted by Gasteiger charge is -2.04. The molecule has 3 atom stereocenters. The molecule has 3 unspecified atom stereocenters.